The predicted molar refractivity (Wildman–Crippen MR) is 89.7 cm³/mol. The van der Waals surface area contributed by atoms with Gasteiger partial charge < -0.3 is 5.32 Å². The van der Waals surface area contributed by atoms with E-state index in [1.807, 2.05) is 31.6 Å². The molecule has 2 aromatic carbocycles. The summed E-state index contributed by atoms with van der Waals surface area (Å²) in [5.41, 5.74) is 3.39. The molecule has 1 unspecified atom stereocenters. The maximum Gasteiger partial charge on any atom is 0.0459 e. The van der Waals surface area contributed by atoms with E-state index in [1.165, 1.54) is 5.39 Å². The van der Waals surface area contributed by atoms with Crippen LogP contribution in [0.3, 0.4) is 0 Å². The molecule has 0 spiro atoms. The smallest absolute Gasteiger partial charge is 0.0459 e. The Labute approximate surface area is 129 Å². The molecule has 1 heterocycles. The van der Waals surface area contributed by atoms with Crippen molar-refractivity contribution in [2.75, 3.05) is 7.05 Å². The van der Waals surface area contributed by atoms with E-state index in [0.717, 1.165) is 27.1 Å². The number of nitrogens with one attached hydrogen (secondary N) is 1. The minimum Gasteiger partial charge on any atom is -0.313 e. The fraction of sp³-hybridized carbons (Fsp3) is 0.167. The summed E-state index contributed by atoms with van der Waals surface area (Å²) in [5.74, 6) is 0. The van der Waals surface area contributed by atoms with Gasteiger partial charge in [-0.15, -0.1) is 0 Å². The van der Waals surface area contributed by atoms with Gasteiger partial charge in [0.1, 0.15) is 0 Å². The monoisotopic (exact) mass is 296 g/mol. The van der Waals surface area contributed by atoms with Gasteiger partial charge in [-0.2, -0.15) is 0 Å². The van der Waals surface area contributed by atoms with Gasteiger partial charge in [0.2, 0.25) is 0 Å². The largest absolute Gasteiger partial charge is 0.313 e. The molecule has 0 saturated heterocycles. The van der Waals surface area contributed by atoms with E-state index in [-0.39, 0.29) is 6.04 Å². The van der Waals surface area contributed by atoms with Crippen LogP contribution in [0.15, 0.2) is 54.9 Å². The fourth-order valence-corrected chi connectivity index (χ4v) is 2.91. The van der Waals surface area contributed by atoms with Crippen LogP contribution in [0.2, 0.25) is 5.02 Å². The lowest BCUT2D eigenvalue weighted by atomic mass is 9.97. The van der Waals surface area contributed by atoms with E-state index in [9.17, 15) is 0 Å². The number of benzene rings is 2. The van der Waals surface area contributed by atoms with Crippen LogP contribution in [-0.2, 0) is 0 Å². The average molecular weight is 297 g/mol. The van der Waals surface area contributed by atoms with Crippen LogP contribution >= 0.6 is 11.6 Å². The molecular weight excluding hydrogens is 280 g/mol. The van der Waals surface area contributed by atoms with Crippen molar-refractivity contribution in [2.45, 2.75) is 13.0 Å². The molecule has 0 aliphatic carbocycles. The van der Waals surface area contributed by atoms with Gasteiger partial charge in [-0.05, 0) is 48.2 Å². The van der Waals surface area contributed by atoms with Gasteiger partial charge in [-0.25, -0.2) is 0 Å². The molecule has 0 bridgehead atoms. The Morgan fingerprint density at radius 2 is 2.00 bits per heavy atom. The first-order chi connectivity index (χ1) is 10.2. The van der Waals surface area contributed by atoms with E-state index < -0.39 is 0 Å². The maximum atomic E-state index is 6.45. The van der Waals surface area contributed by atoms with E-state index in [0.29, 0.717) is 0 Å². The van der Waals surface area contributed by atoms with Crippen LogP contribution in [0, 0.1) is 0 Å². The van der Waals surface area contributed by atoms with E-state index in [4.69, 9.17) is 11.6 Å². The first kappa shape index (κ1) is 14.1. The van der Waals surface area contributed by atoms with Gasteiger partial charge in [-0.1, -0.05) is 41.9 Å². The highest BCUT2D eigenvalue weighted by Crippen LogP contribution is 2.32. The summed E-state index contributed by atoms with van der Waals surface area (Å²) in [6.45, 7) is 2.10. The summed E-state index contributed by atoms with van der Waals surface area (Å²) in [5, 5.41) is 6.33. The highest BCUT2D eigenvalue weighted by atomic mass is 35.5. The summed E-state index contributed by atoms with van der Waals surface area (Å²) in [6.07, 6.45) is 3.72. The van der Waals surface area contributed by atoms with Crippen LogP contribution in [-0.4, -0.2) is 12.0 Å². The number of hydrogen-bond acceptors (Lipinski definition) is 2. The minimum atomic E-state index is 0.237. The van der Waals surface area contributed by atoms with Gasteiger partial charge in [-0.3, -0.25) is 4.98 Å². The third-order valence-corrected chi connectivity index (χ3v) is 4.22. The number of rotatable bonds is 3. The summed E-state index contributed by atoms with van der Waals surface area (Å²) < 4.78 is 0. The van der Waals surface area contributed by atoms with Crippen molar-refractivity contribution < 1.29 is 0 Å². The molecule has 0 amide bonds. The quantitative estimate of drug-likeness (QED) is 0.748. The third-order valence-electron chi connectivity index (χ3n) is 3.89. The SMILES string of the molecule is CNC(C)c1ccc(-c2cccc3ccncc23)cc1Cl. The Hall–Kier alpha value is -1.90. The minimum absolute atomic E-state index is 0.237. The molecule has 0 saturated carbocycles. The summed E-state index contributed by atoms with van der Waals surface area (Å²) in [6, 6.07) is 14.8. The Balaban J connectivity index is 2.13. The molecule has 2 nitrogen and oxygen atoms in total. The fourth-order valence-electron chi connectivity index (χ4n) is 2.57. The highest BCUT2D eigenvalue weighted by molar-refractivity contribution is 6.31. The number of fused-ring (bicyclic) bond motifs is 1. The third kappa shape index (κ3) is 2.65. The number of pyridine rings is 1. The summed E-state index contributed by atoms with van der Waals surface area (Å²) >= 11 is 6.45. The van der Waals surface area contributed by atoms with Crippen molar-refractivity contribution in [2.24, 2.45) is 0 Å². The average Bonchev–Trinajstić information content (AvgIpc) is 2.53. The van der Waals surface area contributed by atoms with Crippen LogP contribution in [0.4, 0.5) is 0 Å². The number of hydrogen-bond donors (Lipinski definition) is 1. The lowest BCUT2D eigenvalue weighted by molar-refractivity contribution is 0.652. The molecule has 0 aliphatic heterocycles. The first-order valence-corrected chi connectivity index (χ1v) is 7.38. The summed E-state index contributed by atoms with van der Waals surface area (Å²) in [4.78, 5) is 4.24. The first-order valence-electron chi connectivity index (χ1n) is 7.00. The van der Waals surface area contributed by atoms with Gasteiger partial charge >= 0.3 is 0 Å². The lowest BCUT2D eigenvalue weighted by Gasteiger charge is -2.14. The van der Waals surface area contributed by atoms with E-state index in [1.54, 1.807) is 0 Å². The normalized spacial score (nSPS) is 12.5. The van der Waals surface area contributed by atoms with Crippen molar-refractivity contribution in [3.8, 4) is 11.1 Å². The van der Waals surface area contributed by atoms with Gasteiger partial charge in [0.05, 0.1) is 0 Å². The second-order valence-electron chi connectivity index (χ2n) is 5.15. The molecule has 0 radical (unpaired) electrons. The van der Waals surface area contributed by atoms with Crippen LogP contribution < -0.4 is 5.32 Å². The van der Waals surface area contributed by atoms with Crippen molar-refractivity contribution in [1.29, 1.82) is 0 Å². The van der Waals surface area contributed by atoms with Crippen LogP contribution in [0.1, 0.15) is 18.5 Å². The molecule has 0 fully saturated rings. The second-order valence-corrected chi connectivity index (χ2v) is 5.56. The van der Waals surface area contributed by atoms with Crippen molar-refractivity contribution in [3.63, 3.8) is 0 Å². The summed E-state index contributed by atoms with van der Waals surface area (Å²) in [7, 11) is 1.94. The van der Waals surface area contributed by atoms with E-state index >= 15 is 0 Å². The van der Waals surface area contributed by atoms with Gasteiger partial charge in [0.25, 0.3) is 0 Å². The Bertz CT molecular complexity index is 778. The predicted octanol–water partition coefficient (Wildman–Crippen LogP) is 4.84. The molecule has 3 rings (SSSR count). The molecule has 1 N–H and O–H groups in total. The molecule has 0 aliphatic rings. The number of nitrogens with zero attached hydrogens (tertiary/aromatic N) is 1. The zero-order valence-corrected chi connectivity index (χ0v) is 12.9. The van der Waals surface area contributed by atoms with Gasteiger partial charge in [0, 0.05) is 28.8 Å². The number of halogens is 1. The van der Waals surface area contributed by atoms with Crippen molar-refractivity contribution in [1.82, 2.24) is 10.3 Å². The highest BCUT2D eigenvalue weighted by Gasteiger charge is 2.10. The number of aromatic nitrogens is 1. The second kappa shape index (κ2) is 5.84. The molecule has 3 aromatic rings. The van der Waals surface area contributed by atoms with Crippen LogP contribution in [0.5, 0.6) is 0 Å². The van der Waals surface area contributed by atoms with Gasteiger partial charge in [0.15, 0.2) is 0 Å². The molecule has 21 heavy (non-hydrogen) atoms. The molecule has 3 heteroatoms. The lowest BCUT2D eigenvalue weighted by Crippen LogP contribution is -2.12. The Morgan fingerprint density at radius 1 is 1.14 bits per heavy atom. The topological polar surface area (TPSA) is 24.9 Å². The van der Waals surface area contributed by atoms with Crippen LogP contribution in [0.25, 0.3) is 21.9 Å². The molecular formula is C18H17ClN2. The zero-order valence-electron chi connectivity index (χ0n) is 12.1. The molecule has 1 atom stereocenters. The molecule has 106 valence electrons. The van der Waals surface area contributed by atoms with Crippen molar-refractivity contribution in [3.05, 3.63) is 65.4 Å². The Morgan fingerprint density at radius 3 is 2.76 bits per heavy atom. The van der Waals surface area contributed by atoms with E-state index in [2.05, 4.69) is 47.6 Å². The molecule has 1 aromatic heterocycles. The standard InChI is InChI=1S/C18H17ClN2/c1-12(20-2)15-7-6-14(10-18(15)19)16-5-3-4-13-8-9-21-11-17(13)16/h3-12,20H,1-2H3. The zero-order chi connectivity index (χ0) is 14.8. The van der Waals surface area contributed by atoms with Crippen molar-refractivity contribution >= 4 is 22.4 Å². The maximum absolute atomic E-state index is 6.45. The Kier molecular flexibility index (Phi) is 3.91.